The van der Waals surface area contributed by atoms with E-state index in [0.29, 0.717) is 6.04 Å². The summed E-state index contributed by atoms with van der Waals surface area (Å²) in [5.41, 5.74) is 0. The van der Waals surface area contributed by atoms with E-state index < -0.39 is 0 Å². The number of aromatic nitrogens is 3. The van der Waals surface area contributed by atoms with Gasteiger partial charge < -0.3 is 5.32 Å². The van der Waals surface area contributed by atoms with Gasteiger partial charge in [-0.25, -0.2) is 4.68 Å². The van der Waals surface area contributed by atoms with Gasteiger partial charge >= 0.3 is 0 Å². The van der Waals surface area contributed by atoms with Gasteiger partial charge in [-0.2, -0.15) is 0 Å². The largest absolute Gasteiger partial charge is 0.352 e. The number of nitrogens with zero attached hydrogens (tertiary/aromatic N) is 3. The molecule has 1 saturated carbocycles. The molecule has 0 aromatic carbocycles. The summed E-state index contributed by atoms with van der Waals surface area (Å²) < 4.78 is 1.51. The average Bonchev–Trinajstić information content (AvgIpc) is 2.66. The summed E-state index contributed by atoms with van der Waals surface area (Å²) in [6.45, 7) is 0.274. The molecule has 0 radical (unpaired) electrons. The van der Waals surface area contributed by atoms with Crippen molar-refractivity contribution in [3.05, 3.63) is 12.4 Å². The molecule has 1 heterocycles. The zero-order valence-corrected chi connectivity index (χ0v) is 6.60. The van der Waals surface area contributed by atoms with Crippen LogP contribution in [0.2, 0.25) is 0 Å². The van der Waals surface area contributed by atoms with Crippen LogP contribution in [0.15, 0.2) is 12.4 Å². The Balaban J connectivity index is 1.82. The maximum absolute atomic E-state index is 11.2. The first kappa shape index (κ1) is 7.27. The molecule has 0 aliphatic heterocycles. The quantitative estimate of drug-likeness (QED) is 0.662. The van der Waals surface area contributed by atoms with Crippen molar-refractivity contribution in [1.82, 2.24) is 20.3 Å². The van der Waals surface area contributed by atoms with Crippen molar-refractivity contribution in [3.63, 3.8) is 0 Å². The van der Waals surface area contributed by atoms with Gasteiger partial charge in [0, 0.05) is 12.2 Å². The van der Waals surface area contributed by atoms with E-state index >= 15 is 0 Å². The number of rotatable bonds is 3. The summed E-state index contributed by atoms with van der Waals surface area (Å²) in [6, 6.07) is 0.418. The fourth-order valence-corrected chi connectivity index (χ4v) is 0.965. The molecule has 1 N–H and O–H groups in total. The lowest BCUT2D eigenvalue weighted by Crippen LogP contribution is -2.29. The summed E-state index contributed by atoms with van der Waals surface area (Å²) in [4.78, 5) is 11.2. The summed E-state index contributed by atoms with van der Waals surface area (Å²) in [5.74, 6) is 0.0167. The summed E-state index contributed by atoms with van der Waals surface area (Å²) in [6.07, 6.45) is 5.46. The highest BCUT2D eigenvalue weighted by molar-refractivity contribution is 5.76. The van der Waals surface area contributed by atoms with E-state index in [2.05, 4.69) is 15.6 Å². The number of carbonyl (C=O) groups is 1. The number of nitrogens with one attached hydrogen (secondary N) is 1. The maximum Gasteiger partial charge on any atom is 0.242 e. The standard InChI is InChI=1S/C7H10N4O/c12-7(9-6-1-2-6)5-11-4-3-8-10-11/h3-4,6H,1-2,5H2,(H,9,12). The van der Waals surface area contributed by atoms with Gasteiger partial charge in [-0.3, -0.25) is 4.79 Å². The van der Waals surface area contributed by atoms with Crippen molar-refractivity contribution in [1.29, 1.82) is 0 Å². The highest BCUT2D eigenvalue weighted by atomic mass is 16.2. The second-order valence-corrected chi connectivity index (χ2v) is 2.94. The molecule has 1 aromatic heterocycles. The third-order valence-corrected chi connectivity index (χ3v) is 1.72. The van der Waals surface area contributed by atoms with E-state index in [1.165, 1.54) is 4.68 Å². The Labute approximate surface area is 69.8 Å². The van der Waals surface area contributed by atoms with Crippen LogP contribution in [0.25, 0.3) is 0 Å². The van der Waals surface area contributed by atoms with Crippen molar-refractivity contribution in [2.24, 2.45) is 0 Å². The smallest absolute Gasteiger partial charge is 0.242 e. The van der Waals surface area contributed by atoms with Crippen LogP contribution >= 0.6 is 0 Å². The van der Waals surface area contributed by atoms with Gasteiger partial charge in [-0.05, 0) is 12.8 Å². The monoisotopic (exact) mass is 166 g/mol. The van der Waals surface area contributed by atoms with Gasteiger partial charge in [0.25, 0.3) is 0 Å². The first-order valence-corrected chi connectivity index (χ1v) is 3.98. The maximum atomic E-state index is 11.2. The SMILES string of the molecule is O=C(Cn1ccnn1)NC1CC1. The van der Waals surface area contributed by atoms with Crippen LogP contribution in [0.4, 0.5) is 0 Å². The van der Waals surface area contributed by atoms with Crippen molar-refractivity contribution < 1.29 is 4.79 Å². The van der Waals surface area contributed by atoms with E-state index in [9.17, 15) is 4.79 Å². The Kier molecular flexibility index (Phi) is 1.77. The lowest BCUT2D eigenvalue weighted by molar-refractivity contribution is -0.122. The van der Waals surface area contributed by atoms with Crippen LogP contribution in [0.3, 0.4) is 0 Å². The van der Waals surface area contributed by atoms with Crippen LogP contribution in [0.5, 0.6) is 0 Å². The van der Waals surface area contributed by atoms with Crippen molar-refractivity contribution in [2.75, 3.05) is 0 Å². The lowest BCUT2D eigenvalue weighted by Gasteiger charge is -2.01. The first-order valence-electron chi connectivity index (χ1n) is 3.98. The van der Waals surface area contributed by atoms with Crippen LogP contribution in [-0.2, 0) is 11.3 Å². The highest BCUT2D eigenvalue weighted by Crippen LogP contribution is 2.18. The summed E-state index contributed by atoms with van der Waals surface area (Å²) >= 11 is 0. The molecule has 64 valence electrons. The fraction of sp³-hybridized carbons (Fsp3) is 0.571. The van der Waals surface area contributed by atoms with Crippen LogP contribution in [0, 0.1) is 0 Å². The molecule has 0 bridgehead atoms. The minimum Gasteiger partial charge on any atom is -0.352 e. The van der Waals surface area contributed by atoms with E-state index in [-0.39, 0.29) is 12.5 Å². The van der Waals surface area contributed by atoms with Gasteiger partial charge in [-0.15, -0.1) is 5.10 Å². The Hall–Kier alpha value is -1.39. The van der Waals surface area contributed by atoms with Crippen LogP contribution in [0.1, 0.15) is 12.8 Å². The number of amides is 1. The molecule has 1 fully saturated rings. The Morgan fingerprint density at radius 1 is 1.67 bits per heavy atom. The van der Waals surface area contributed by atoms with Crippen molar-refractivity contribution in [2.45, 2.75) is 25.4 Å². The van der Waals surface area contributed by atoms with E-state index in [1.807, 2.05) is 0 Å². The topological polar surface area (TPSA) is 59.8 Å². The number of carbonyl (C=O) groups excluding carboxylic acids is 1. The molecule has 0 atom stereocenters. The third kappa shape index (κ3) is 1.81. The molecular formula is C7H10N4O. The molecule has 1 aliphatic carbocycles. The third-order valence-electron chi connectivity index (χ3n) is 1.72. The Morgan fingerprint density at radius 2 is 2.50 bits per heavy atom. The predicted molar refractivity (Wildman–Crippen MR) is 41.2 cm³/mol. The summed E-state index contributed by atoms with van der Waals surface area (Å²) in [5, 5.41) is 10.2. The number of hydrogen-bond donors (Lipinski definition) is 1. The Morgan fingerprint density at radius 3 is 3.08 bits per heavy atom. The van der Waals surface area contributed by atoms with Crippen molar-refractivity contribution >= 4 is 5.91 Å². The van der Waals surface area contributed by atoms with Gasteiger partial charge in [0.15, 0.2) is 0 Å². The van der Waals surface area contributed by atoms with Crippen molar-refractivity contribution in [3.8, 4) is 0 Å². The molecule has 1 amide bonds. The van der Waals surface area contributed by atoms with Crippen LogP contribution < -0.4 is 5.32 Å². The molecule has 2 rings (SSSR count). The van der Waals surface area contributed by atoms with Gasteiger partial charge in [0.05, 0.1) is 6.20 Å². The predicted octanol–water partition coefficient (Wildman–Crippen LogP) is -0.443. The molecule has 5 nitrogen and oxygen atoms in total. The molecule has 1 aromatic rings. The molecule has 0 saturated heterocycles. The minimum atomic E-state index is 0.0167. The molecule has 12 heavy (non-hydrogen) atoms. The molecule has 0 unspecified atom stereocenters. The second kappa shape index (κ2) is 2.92. The fourth-order valence-electron chi connectivity index (χ4n) is 0.965. The normalized spacial score (nSPS) is 16.0. The lowest BCUT2D eigenvalue weighted by atomic mass is 10.5. The van der Waals surface area contributed by atoms with Gasteiger partial charge in [-0.1, -0.05) is 5.21 Å². The summed E-state index contributed by atoms with van der Waals surface area (Å²) in [7, 11) is 0. The van der Waals surface area contributed by atoms with E-state index in [4.69, 9.17) is 0 Å². The molecule has 5 heteroatoms. The van der Waals surface area contributed by atoms with E-state index in [1.54, 1.807) is 12.4 Å². The zero-order valence-electron chi connectivity index (χ0n) is 6.60. The zero-order chi connectivity index (χ0) is 8.39. The highest BCUT2D eigenvalue weighted by Gasteiger charge is 2.23. The minimum absolute atomic E-state index is 0.0167. The van der Waals surface area contributed by atoms with E-state index in [0.717, 1.165) is 12.8 Å². The Bertz CT molecular complexity index is 265. The average molecular weight is 166 g/mol. The first-order chi connectivity index (χ1) is 5.84. The van der Waals surface area contributed by atoms with Crippen LogP contribution in [-0.4, -0.2) is 26.9 Å². The second-order valence-electron chi connectivity index (χ2n) is 2.94. The molecular weight excluding hydrogens is 156 g/mol. The molecule has 0 spiro atoms. The number of hydrogen-bond acceptors (Lipinski definition) is 3. The van der Waals surface area contributed by atoms with Gasteiger partial charge in [0.1, 0.15) is 6.54 Å². The molecule has 1 aliphatic rings. The van der Waals surface area contributed by atoms with Gasteiger partial charge in [0.2, 0.25) is 5.91 Å².